The number of aliphatic hydroxyl groups excluding tert-OH is 1. The quantitative estimate of drug-likeness (QED) is 0.751. The molecule has 0 aromatic carbocycles. The Morgan fingerprint density at radius 2 is 2.15 bits per heavy atom. The van der Waals surface area contributed by atoms with Crippen molar-refractivity contribution in [3.05, 3.63) is 16.1 Å². The molecule has 3 N–H and O–H groups in total. The van der Waals surface area contributed by atoms with Crippen molar-refractivity contribution in [1.29, 1.82) is 0 Å². The third-order valence-corrected chi connectivity index (χ3v) is 4.07. The van der Waals surface area contributed by atoms with Crippen LogP contribution in [0.25, 0.3) is 0 Å². The second-order valence-electron chi connectivity index (χ2n) is 5.85. The van der Waals surface area contributed by atoms with Gasteiger partial charge in [0, 0.05) is 24.9 Å². The number of nitrogens with zero attached hydrogens (tertiary/aromatic N) is 1. The number of carbonyl (C=O) groups is 1. The standard InChI is InChI=1S/C14H25N3O2S/c1-5-12-17-10(9-20-12)6-7-15-13(19)16-8-11(18)14(2,3)4/h9,11,18H,5-8H2,1-4H3,(H2,15,16,19). The summed E-state index contributed by atoms with van der Waals surface area (Å²) in [6.45, 7) is 8.69. The maximum atomic E-state index is 11.6. The molecule has 2 amide bonds. The smallest absolute Gasteiger partial charge is 0.314 e. The molecule has 1 unspecified atom stereocenters. The zero-order valence-corrected chi connectivity index (χ0v) is 13.5. The van der Waals surface area contributed by atoms with Crippen LogP contribution < -0.4 is 10.6 Å². The minimum Gasteiger partial charge on any atom is -0.391 e. The maximum Gasteiger partial charge on any atom is 0.314 e. The predicted molar refractivity (Wildman–Crippen MR) is 82.1 cm³/mol. The number of thiazole rings is 1. The van der Waals surface area contributed by atoms with Crippen molar-refractivity contribution in [2.24, 2.45) is 5.41 Å². The lowest BCUT2D eigenvalue weighted by Crippen LogP contribution is -2.44. The van der Waals surface area contributed by atoms with Gasteiger partial charge in [-0.25, -0.2) is 9.78 Å². The van der Waals surface area contributed by atoms with E-state index in [1.807, 2.05) is 26.2 Å². The van der Waals surface area contributed by atoms with E-state index < -0.39 is 6.10 Å². The van der Waals surface area contributed by atoms with Crippen molar-refractivity contribution in [1.82, 2.24) is 15.6 Å². The zero-order valence-electron chi connectivity index (χ0n) is 12.7. The third kappa shape index (κ3) is 5.88. The van der Waals surface area contributed by atoms with Crippen LogP contribution in [0.1, 0.15) is 38.4 Å². The van der Waals surface area contributed by atoms with Crippen molar-refractivity contribution in [2.45, 2.75) is 46.6 Å². The number of carbonyl (C=O) groups excluding carboxylic acids is 1. The Bertz CT molecular complexity index is 426. The van der Waals surface area contributed by atoms with Gasteiger partial charge in [0.25, 0.3) is 0 Å². The van der Waals surface area contributed by atoms with Gasteiger partial charge in [0.15, 0.2) is 0 Å². The van der Waals surface area contributed by atoms with Crippen LogP contribution in [0.2, 0.25) is 0 Å². The first-order chi connectivity index (χ1) is 9.32. The summed E-state index contributed by atoms with van der Waals surface area (Å²) in [5.41, 5.74) is 0.784. The van der Waals surface area contributed by atoms with Crippen LogP contribution in [0.15, 0.2) is 5.38 Å². The summed E-state index contributed by atoms with van der Waals surface area (Å²) in [6.07, 6.45) is 1.12. The van der Waals surface area contributed by atoms with Crippen LogP contribution in [0, 0.1) is 5.41 Å². The van der Waals surface area contributed by atoms with Crippen LogP contribution >= 0.6 is 11.3 Å². The van der Waals surface area contributed by atoms with E-state index in [1.165, 1.54) is 0 Å². The molecule has 0 fully saturated rings. The van der Waals surface area contributed by atoms with E-state index in [1.54, 1.807) is 11.3 Å². The molecule has 0 spiro atoms. The Hall–Kier alpha value is -1.14. The molecule has 0 radical (unpaired) electrons. The second-order valence-corrected chi connectivity index (χ2v) is 6.80. The van der Waals surface area contributed by atoms with Gasteiger partial charge in [-0.05, 0) is 11.8 Å². The van der Waals surface area contributed by atoms with Gasteiger partial charge in [0.1, 0.15) is 0 Å². The number of rotatable bonds is 6. The molecule has 1 aromatic heterocycles. The summed E-state index contributed by atoms with van der Waals surface area (Å²) in [4.78, 5) is 16.0. The van der Waals surface area contributed by atoms with E-state index in [0.717, 1.165) is 23.5 Å². The molecule has 20 heavy (non-hydrogen) atoms. The number of amides is 2. The van der Waals surface area contributed by atoms with Crippen LogP contribution in [0.5, 0.6) is 0 Å². The highest BCUT2D eigenvalue weighted by atomic mass is 32.1. The fourth-order valence-electron chi connectivity index (χ4n) is 1.49. The van der Waals surface area contributed by atoms with E-state index in [4.69, 9.17) is 0 Å². The second kappa shape index (κ2) is 7.59. The van der Waals surface area contributed by atoms with Gasteiger partial charge in [-0.1, -0.05) is 27.7 Å². The summed E-state index contributed by atoms with van der Waals surface area (Å²) in [5, 5.41) is 18.4. The van der Waals surface area contributed by atoms with Crippen molar-refractivity contribution < 1.29 is 9.90 Å². The summed E-state index contributed by atoms with van der Waals surface area (Å²) in [6, 6.07) is -0.251. The molecule has 1 heterocycles. The Balaban J connectivity index is 2.20. The van der Waals surface area contributed by atoms with Gasteiger partial charge in [-0.15, -0.1) is 11.3 Å². The monoisotopic (exact) mass is 299 g/mol. The van der Waals surface area contributed by atoms with Gasteiger partial charge >= 0.3 is 6.03 Å². The number of hydrogen-bond donors (Lipinski definition) is 3. The number of urea groups is 1. The Kier molecular flexibility index (Phi) is 6.42. The first-order valence-electron chi connectivity index (χ1n) is 6.96. The predicted octanol–water partition coefficient (Wildman–Crippen LogP) is 1.95. The molecule has 1 atom stereocenters. The molecule has 5 nitrogen and oxygen atoms in total. The van der Waals surface area contributed by atoms with Gasteiger partial charge in [-0.3, -0.25) is 0 Å². The van der Waals surface area contributed by atoms with Crippen molar-refractivity contribution in [2.75, 3.05) is 13.1 Å². The van der Waals surface area contributed by atoms with Crippen molar-refractivity contribution in [3.8, 4) is 0 Å². The van der Waals surface area contributed by atoms with Crippen LogP contribution in [-0.2, 0) is 12.8 Å². The normalized spacial score (nSPS) is 13.1. The summed E-state index contributed by atoms with van der Waals surface area (Å²) in [5.74, 6) is 0. The average Bonchev–Trinajstić information content (AvgIpc) is 2.82. The van der Waals surface area contributed by atoms with Crippen LogP contribution in [0.3, 0.4) is 0 Å². The molecular weight excluding hydrogens is 274 g/mol. The third-order valence-electron chi connectivity index (χ3n) is 3.02. The Morgan fingerprint density at radius 1 is 1.45 bits per heavy atom. The molecule has 0 aliphatic rings. The Labute approximate surface area is 124 Å². The molecule has 0 bridgehead atoms. The van der Waals surface area contributed by atoms with Crippen LogP contribution in [0.4, 0.5) is 4.79 Å². The molecule has 0 saturated carbocycles. The van der Waals surface area contributed by atoms with Gasteiger partial charge < -0.3 is 15.7 Å². The first kappa shape index (κ1) is 16.9. The van der Waals surface area contributed by atoms with E-state index in [-0.39, 0.29) is 18.0 Å². The lowest BCUT2D eigenvalue weighted by molar-refractivity contribution is 0.0650. The fourth-order valence-corrected chi connectivity index (χ4v) is 2.27. The van der Waals surface area contributed by atoms with E-state index in [2.05, 4.69) is 22.5 Å². The lowest BCUT2D eigenvalue weighted by atomic mass is 9.89. The fraction of sp³-hybridized carbons (Fsp3) is 0.714. The molecule has 0 aliphatic heterocycles. The van der Waals surface area contributed by atoms with Crippen molar-refractivity contribution >= 4 is 17.4 Å². The maximum absolute atomic E-state index is 11.6. The molecule has 1 aromatic rings. The molecular formula is C14H25N3O2S. The number of hydrogen-bond acceptors (Lipinski definition) is 4. The number of aliphatic hydroxyl groups is 1. The summed E-state index contributed by atoms with van der Waals surface area (Å²) < 4.78 is 0. The highest BCUT2D eigenvalue weighted by Crippen LogP contribution is 2.17. The molecule has 114 valence electrons. The number of aryl methyl sites for hydroxylation is 1. The minimum atomic E-state index is -0.557. The lowest BCUT2D eigenvalue weighted by Gasteiger charge is -2.25. The molecule has 0 saturated heterocycles. The van der Waals surface area contributed by atoms with Gasteiger partial charge in [0.05, 0.1) is 16.8 Å². The van der Waals surface area contributed by atoms with Gasteiger partial charge in [-0.2, -0.15) is 0 Å². The largest absolute Gasteiger partial charge is 0.391 e. The molecule has 6 heteroatoms. The highest BCUT2D eigenvalue weighted by Gasteiger charge is 2.22. The van der Waals surface area contributed by atoms with Gasteiger partial charge in [0.2, 0.25) is 0 Å². The zero-order chi connectivity index (χ0) is 15.2. The minimum absolute atomic E-state index is 0.232. The van der Waals surface area contributed by atoms with Crippen LogP contribution in [-0.4, -0.2) is 35.3 Å². The average molecular weight is 299 g/mol. The summed E-state index contributed by atoms with van der Waals surface area (Å²) >= 11 is 1.65. The summed E-state index contributed by atoms with van der Waals surface area (Å²) in [7, 11) is 0. The highest BCUT2D eigenvalue weighted by molar-refractivity contribution is 7.09. The van der Waals surface area contributed by atoms with E-state index in [0.29, 0.717) is 6.54 Å². The number of aromatic nitrogens is 1. The first-order valence-corrected chi connectivity index (χ1v) is 7.84. The Morgan fingerprint density at radius 3 is 2.70 bits per heavy atom. The van der Waals surface area contributed by atoms with E-state index in [9.17, 15) is 9.90 Å². The van der Waals surface area contributed by atoms with Crippen molar-refractivity contribution in [3.63, 3.8) is 0 Å². The molecule has 1 rings (SSSR count). The van der Waals surface area contributed by atoms with E-state index >= 15 is 0 Å². The SMILES string of the molecule is CCc1nc(CCNC(=O)NCC(O)C(C)(C)C)cs1. The number of nitrogens with one attached hydrogen (secondary N) is 2. The topological polar surface area (TPSA) is 74.2 Å². The molecule has 0 aliphatic carbocycles.